The minimum absolute atomic E-state index is 0.0591. The molecule has 0 fully saturated rings. The smallest absolute Gasteiger partial charge is 0.304 e. The summed E-state index contributed by atoms with van der Waals surface area (Å²) in [6.07, 6.45) is 3.01. The molecule has 0 bridgehead atoms. The van der Waals surface area contributed by atoms with Crippen LogP contribution >= 0.6 is 11.3 Å². The summed E-state index contributed by atoms with van der Waals surface area (Å²) in [5.41, 5.74) is 2.19. The summed E-state index contributed by atoms with van der Waals surface area (Å²) >= 11 is 1.14. The molecule has 0 spiro atoms. The zero-order valence-electron chi connectivity index (χ0n) is 8.60. The van der Waals surface area contributed by atoms with E-state index in [4.69, 9.17) is 0 Å². The number of hydrogen-bond acceptors (Lipinski definition) is 6. The minimum atomic E-state index is -0.0591. The molecule has 0 saturated carbocycles. The van der Waals surface area contributed by atoms with Crippen LogP contribution in [-0.2, 0) is 6.54 Å². The first kappa shape index (κ1) is 9.97. The van der Waals surface area contributed by atoms with Crippen molar-refractivity contribution in [2.45, 2.75) is 6.54 Å². The van der Waals surface area contributed by atoms with E-state index in [-0.39, 0.29) is 4.87 Å². The van der Waals surface area contributed by atoms with E-state index < -0.39 is 0 Å². The van der Waals surface area contributed by atoms with E-state index in [9.17, 15) is 4.79 Å². The number of imidazole rings is 1. The van der Waals surface area contributed by atoms with Gasteiger partial charge in [0, 0.05) is 11.1 Å². The molecule has 17 heavy (non-hydrogen) atoms. The average molecular weight is 248 g/mol. The van der Waals surface area contributed by atoms with Gasteiger partial charge < -0.3 is 15.3 Å². The van der Waals surface area contributed by atoms with Gasteiger partial charge >= 0.3 is 4.87 Å². The van der Waals surface area contributed by atoms with Gasteiger partial charge in [-0.25, -0.2) is 15.0 Å². The van der Waals surface area contributed by atoms with Crippen LogP contribution in [0.3, 0.4) is 0 Å². The summed E-state index contributed by atoms with van der Waals surface area (Å²) in [4.78, 5) is 28.8. The Morgan fingerprint density at radius 3 is 3.12 bits per heavy atom. The Bertz CT molecular complexity index is 698. The second-order valence-corrected chi connectivity index (χ2v) is 4.19. The van der Waals surface area contributed by atoms with Crippen molar-refractivity contribution in [1.29, 1.82) is 0 Å². The maximum atomic E-state index is 11.0. The number of rotatable bonds is 3. The van der Waals surface area contributed by atoms with Crippen LogP contribution in [0.1, 0.15) is 5.69 Å². The predicted octanol–water partition coefficient (Wildman–Crippen LogP) is 0.715. The van der Waals surface area contributed by atoms with Gasteiger partial charge in [0.25, 0.3) is 0 Å². The number of thiazole rings is 1. The molecule has 3 rings (SSSR count). The van der Waals surface area contributed by atoms with Gasteiger partial charge in [-0.3, -0.25) is 4.79 Å². The highest BCUT2D eigenvalue weighted by molar-refractivity contribution is 7.07. The molecule has 3 aromatic rings. The molecule has 0 unspecified atom stereocenters. The van der Waals surface area contributed by atoms with Crippen molar-refractivity contribution in [3.8, 4) is 0 Å². The number of H-pyrrole nitrogens is 2. The molecule has 3 heterocycles. The quantitative estimate of drug-likeness (QED) is 0.634. The fourth-order valence-electron chi connectivity index (χ4n) is 1.48. The van der Waals surface area contributed by atoms with Crippen LogP contribution in [0, 0.1) is 0 Å². The molecule has 0 aliphatic rings. The minimum Gasteiger partial charge on any atom is -0.363 e. The van der Waals surface area contributed by atoms with E-state index in [1.54, 1.807) is 11.7 Å². The van der Waals surface area contributed by atoms with Gasteiger partial charge in [-0.1, -0.05) is 11.3 Å². The Morgan fingerprint density at radius 1 is 1.35 bits per heavy atom. The molecule has 0 aliphatic carbocycles. The summed E-state index contributed by atoms with van der Waals surface area (Å²) in [6.45, 7) is 0.504. The van der Waals surface area contributed by atoms with Crippen molar-refractivity contribution in [2.24, 2.45) is 0 Å². The monoisotopic (exact) mass is 248 g/mol. The molecule has 3 aromatic heterocycles. The van der Waals surface area contributed by atoms with E-state index in [2.05, 4.69) is 30.2 Å². The molecule has 0 amide bonds. The van der Waals surface area contributed by atoms with Crippen LogP contribution in [0.5, 0.6) is 0 Å². The van der Waals surface area contributed by atoms with Crippen LogP contribution in [-0.4, -0.2) is 24.9 Å². The van der Waals surface area contributed by atoms with Gasteiger partial charge in [0.1, 0.15) is 11.8 Å². The summed E-state index contributed by atoms with van der Waals surface area (Å²) < 4.78 is 0. The van der Waals surface area contributed by atoms with Gasteiger partial charge in [-0.2, -0.15) is 0 Å². The number of nitrogens with zero attached hydrogens (tertiary/aromatic N) is 3. The molecule has 86 valence electrons. The summed E-state index contributed by atoms with van der Waals surface area (Å²) in [7, 11) is 0. The molecule has 8 heteroatoms. The molecule has 0 radical (unpaired) electrons. The molecule has 0 aliphatic heterocycles. The van der Waals surface area contributed by atoms with E-state index in [1.165, 1.54) is 6.33 Å². The second-order valence-electron chi connectivity index (χ2n) is 3.35. The predicted molar refractivity (Wildman–Crippen MR) is 64.0 cm³/mol. The largest absolute Gasteiger partial charge is 0.363 e. The third-order valence-electron chi connectivity index (χ3n) is 2.24. The first-order chi connectivity index (χ1) is 8.33. The number of nitrogens with one attached hydrogen (secondary N) is 3. The zero-order valence-corrected chi connectivity index (χ0v) is 9.41. The van der Waals surface area contributed by atoms with Gasteiger partial charge in [0.2, 0.25) is 0 Å². The topological polar surface area (TPSA) is 99.3 Å². The van der Waals surface area contributed by atoms with Crippen molar-refractivity contribution in [3.05, 3.63) is 33.4 Å². The van der Waals surface area contributed by atoms with Crippen molar-refractivity contribution in [3.63, 3.8) is 0 Å². The Labute approximate surface area is 99.0 Å². The van der Waals surface area contributed by atoms with Crippen LogP contribution in [0.4, 0.5) is 5.82 Å². The molecule has 0 aromatic carbocycles. The number of fused-ring (bicyclic) bond motifs is 1. The van der Waals surface area contributed by atoms with E-state index in [0.29, 0.717) is 18.0 Å². The van der Waals surface area contributed by atoms with Gasteiger partial charge in [-0.15, -0.1) is 0 Å². The van der Waals surface area contributed by atoms with Crippen molar-refractivity contribution in [2.75, 3.05) is 5.32 Å². The standard InChI is InChI=1S/C9H8N6OS/c16-9-15-5(2-17-9)1-10-7-6-8(12-3-11-6)14-4-13-7/h2-4H,1H2,(H,15,16)(H2,10,11,12,13,14). The lowest BCUT2D eigenvalue weighted by molar-refractivity contribution is 1.04. The molecule has 0 saturated heterocycles. The normalized spacial score (nSPS) is 10.8. The number of aromatic amines is 2. The lowest BCUT2D eigenvalue weighted by Gasteiger charge is -2.03. The fraction of sp³-hybridized carbons (Fsp3) is 0.111. The Balaban J connectivity index is 1.85. The Hall–Kier alpha value is -2.22. The van der Waals surface area contributed by atoms with Crippen LogP contribution in [0.2, 0.25) is 0 Å². The van der Waals surface area contributed by atoms with Gasteiger partial charge in [-0.05, 0) is 0 Å². The molecular formula is C9H8N6OS. The lowest BCUT2D eigenvalue weighted by atomic mass is 10.4. The summed E-state index contributed by atoms with van der Waals surface area (Å²) in [5, 5.41) is 4.90. The van der Waals surface area contributed by atoms with E-state index >= 15 is 0 Å². The second kappa shape index (κ2) is 3.98. The number of hydrogen-bond donors (Lipinski definition) is 3. The first-order valence-corrected chi connectivity index (χ1v) is 5.75. The lowest BCUT2D eigenvalue weighted by Crippen LogP contribution is -2.04. The molecule has 7 nitrogen and oxygen atoms in total. The zero-order chi connectivity index (χ0) is 11.7. The molecule has 0 atom stereocenters. The number of aromatic nitrogens is 5. The Kier molecular flexibility index (Phi) is 2.33. The van der Waals surface area contributed by atoms with Crippen molar-refractivity contribution < 1.29 is 0 Å². The highest BCUT2D eigenvalue weighted by Gasteiger charge is 2.05. The van der Waals surface area contributed by atoms with Crippen LogP contribution < -0.4 is 10.2 Å². The third kappa shape index (κ3) is 1.89. The van der Waals surface area contributed by atoms with Crippen LogP contribution in [0.25, 0.3) is 11.2 Å². The van der Waals surface area contributed by atoms with Gasteiger partial charge in [0.15, 0.2) is 11.5 Å². The highest BCUT2D eigenvalue weighted by Crippen LogP contribution is 2.14. The maximum absolute atomic E-state index is 11.0. The van der Waals surface area contributed by atoms with Gasteiger partial charge in [0.05, 0.1) is 12.9 Å². The van der Waals surface area contributed by atoms with E-state index in [1.807, 2.05) is 0 Å². The summed E-state index contributed by atoms with van der Waals surface area (Å²) in [5.74, 6) is 0.666. The Morgan fingerprint density at radius 2 is 2.29 bits per heavy atom. The van der Waals surface area contributed by atoms with Crippen molar-refractivity contribution >= 4 is 28.3 Å². The third-order valence-corrected chi connectivity index (χ3v) is 2.96. The average Bonchev–Trinajstić information content (AvgIpc) is 2.94. The molecular weight excluding hydrogens is 240 g/mol. The van der Waals surface area contributed by atoms with Crippen molar-refractivity contribution in [1.82, 2.24) is 24.9 Å². The maximum Gasteiger partial charge on any atom is 0.304 e. The summed E-state index contributed by atoms with van der Waals surface area (Å²) in [6, 6.07) is 0. The molecule has 3 N–H and O–H groups in total. The highest BCUT2D eigenvalue weighted by atomic mass is 32.1. The first-order valence-electron chi connectivity index (χ1n) is 4.87. The van der Waals surface area contributed by atoms with E-state index in [0.717, 1.165) is 22.5 Å². The SMILES string of the molecule is O=c1[nH]c(CNc2ncnc3nc[nH]c23)cs1. The number of anilines is 1. The van der Waals surface area contributed by atoms with Crippen LogP contribution in [0.15, 0.2) is 22.8 Å². The fourth-order valence-corrected chi connectivity index (χ4v) is 2.06.